The monoisotopic (exact) mass is 330 g/mol. The molecule has 0 radical (unpaired) electrons. The second-order valence-corrected chi connectivity index (χ2v) is 8.92. The maximum atomic E-state index is 10.6. The van der Waals surface area contributed by atoms with Crippen LogP contribution in [0.2, 0.25) is 0 Å². The Morgan fingerprint density at radius 2 is 1.92 bits per heavy atom. The van der Waals surface area contributed by atoms with Gasteiger partial charge in [-0.25, -0.2) is 0 Å². The van der Waals surface area contributed by atoms with E-state index in [1.165, 1.54) is 11.1 Å². The molecule has 0 heterocycles. The van der Waals surface area contributed by atoms with E-state index < -0.39 is 0 Å². The normalized spacial score (nSPS) is 43.8. The molecule has 4 rings (SSSR count). The molecular formula is C21H30O3. The van der Waals surface area contributed by atoms with Gasteiger partial charge in [0.15, 0.2) is 0 Å². The van der Waals surface area contributed by atoms with Crippen molar-refractivity contribution in [3.63, 3.8) is 0 Å². The lowest BCUT2D eigenvalue weighted by Crippen LogP contribution is -2.51. The van der Waals surface area contributed by atoms with Crippen LogP contribution in [0.15, 0.2) is 18.2 Å². The van der Waals surface area contributed by atoms with Gasteiger partial charge in [0.05, 0.1) is 12.7 Å². The zero-order chi connectivity index (χ0) is 17.1. The summed E-state index contributed by atoms with van der Waals surface area (Å²) in [4.78, 5) is 0. The van der Waals surface area contributed by atoms with Crippen molar-refractivity contribution in [1.29, 1.82) is 0 Å². The van der Waals surface area contributed by atoms with Crippen molar-refractivity contribution in [2.75, 3.05) is 13.7 Å². The standard InChI is InChI=1S/C21H30O3/c1-20-9-8-17-15-5-4-14(22)10-16(15)13(12-24-3)11-21(17,2)18(20)6-7-19(20)23/h4-5,10,13,17-19,22-23H,6-9,11-12H2,1-3H3/t13-,17+,18+,19?,20-,21?/m0/s1. The van der Waals surface area contributed by atoms with E-state index >= 15 is 0 Å². The molecule has 0 aliphatic heterocycles. The Hall–Kier alpha value is -1.06. The fourth-order valence-corrected chi connectivity index (χ4v) is 6.69. The minimum Gasteiger partial charge on any atom is -0.508 e. The molecule has 3 nitrogen and oxygen atoms in total. The number of ether oxygens (including phenoxy) is 1. The lowest BCUT2D eigenvalue weighted by molar-refractivity contribution is -0.0731. The third-order valence-corrected chi connectivity index (χ3v) is 7.79. The summed E-state index contributed by atoms with van der Waals surface area (Å²) >= 11 is 0. The molecule has 0 saturated heterocycles. The number of rotatable bonds is 2. The summed E-state index contributed by atoms with van der Waals surface area (Å²) in [6, 6.07) is 5.94. The summed E-state index contributed by atoms with van der Waals surface area (Å²) in [7, 11) is 1.77. The van der Waals surface area contributed by atoms with Gasteiger partial charge in [-0.2, -0.15) is 0 Å². The van der Waals surface area contributed by atoms with Crippen LogP contribution in [-0.2, 0) is 4.74 Å². The maximum absolute atomic E-state index is 10.6. The quantitative estimate of drug-likeness (QED) is 0.855. The van der Waals surface area contributed by atoms with Crippen LogP contribution in [0.4, 0.5) is 0 Å². The molecule has 1 aromatic carbocycles. The lowest BCUT2D eigenvalue weighted by Gasteiger charge is -2.58. The number of methoxy groups -OCH3 is 1. The molecular weight excluding hydrogens is 300 g/mol. The molecule has 24 heavy (non-hydrogen) atoms. The van der Waals surface area contributed by atoms with Crippen molar-refractivity contribution in [1.82, 2.24) is 0 Å². The highest BCUT2D eigenvalue weighted by Crippen LogP contribution is 2.68. The van der Waals surface area contributed by atoms with Crippen LogP contribution in [-0.4, -0.2) is 30.0 Å². The molecule has 3 aliphatic carbocycles. The molecule has 1 aromatic rings. The first kappa shape index (κ1) is 16.4. The number of aliphatic hydroxyl groups excluding tert-OH is 1. The molecule has 0 aromatic heterocycles. The molecule has 0 spiro atoms. The van der Waals surface area contributed by atoms with E-state index in [1.807, 2.05) is 12.1 Å². The number of aliphatic hydroxyl groups is 1. The van der Waals surface area contributed by atoms with E-state index in [0.29, 0.717) is 30.1 Å². The van der Waals surface area contributed by atoms with Crippen molar-refractivity contribution < 1.29 is 14.9 Å². The van der Waals surface area contributed by atoms with Crippen molar-refractivity contribution in [2.45, 2.75) is 63.9 Å². The van der Waals surface area contributed by atoms with Crippen LogP contribution in [0, 0.1) is 16.7 Å². The van der Waals surface area contributed by atoms with Crippen LogP contribution in [0.5, 0.6) is 5.75 Å². The molecule has 2 fully saturated rings. The van der Waals surface area contributed by atoms with Gasteiger partial charge in [-0.1, -0.05) is 19.9 Å². The summed E-state index contributed by atoms with van der Waals surface area (Å²) in [5.74, 6) is 1.79. The molecule has 2 saturated carbocycles. The number of hydrogen-bond acceptors (Lipinski definition) is 3. The van der Waals surface area contributed by atoms with Gasteiger partial charge in [0.1, 0.15) is 5.75 Å². The lowest BCUT2D eigenvalue weighted by atomic mass is 9.47. The maximum Gasteiger partial charge on any atom is 0.115 e. The van der Waals surface area contributed by atoms with Gasteiger partial charge in [0, 0.05) is 13.0 Å². The summed E-state index contributed by atoms with van der Waals surface area (Å²) < 4.78 is 5.53. The summed E-state index contributed by atoms with van der Waals surface area (Å²) in [5, 5.41) is 20.6. The number of fused-ring (bicyclic) bond motifs is 5. The Kier molecular flexibility index (Phi) is 3.74. The zero-order valence-electron chi connectivity index (χ0n) is 15.1. The van der Waals surface area contributed by atoms with Crippen LogP contribution in [0.1, 0.15) is 68.9 Å². The van der Waals surface area contributed by atoms with Crippen LogP contribution in [0.3, 0.4) is 0 Å². The Morgan fingerprint density at radius 3 is 2.67 bits per heavy atom. The predicted molar refractivity (Wildman–Crippen MR) is 94.3 cm³/mol. The van der Waals surface area contributed by atoms with E-state index in [0.717, 1.165) is 32.1 Å². The fourth-order valence-electron chi connectivity index (χ4n) is 6.69. The first-order valence-electron chi connectivity index (χ1n) is 9.40. The second kappa shape index (κ2) is 5.47. The highest BCUT2D eigenvalue weighted by atomic mass is 16.5. The molecule has 6 atom stereocenters. The number of aromatic hydroxyl groups is 1. The first-order chi connectivity index (χ1) is 11.4. The van der Waals surface area contributed by atoms with Gasteiger partial charge in [-0.3, -0.25) is 0 Å². The fraction of sp³-hybridized carbons (Fsp3) is 0.714. The molecule has 0 bridgehead atoms. The van der Waals surface area contributed by atoms with E-state index in [9.17, 15) is 10.2 Å². The molecule has 3 aliphatic rings. The molecule has 2 unspecified atom stereocenters. The molecule has 132 valence electrons. The van der Waals surface area contributed by atoms with Crippen LogP contribution >= 0.6 is 0 Å². The SMILES string of the molecule is COC[C@@H]1CC2(C)[C@H](CC[C@]3(C)C(O)CC[C@@H]23)c2ccc(O)cc21. The van der Waals surface area contributed by atoms with E-state index in [2.05, 4.69) is 19.9 Å². The Balaban J connectivity index is 1.81. The smallest absolute Gasteiger partial charge is 0.115 e. The highest BCUT2D eigenvalue weighted by Gasteiger charge is 2.60. The van der Waals surface area contributed by atoms with E-state index in [1.54, 1.807) is 7.11 Å². The summed E-state index contributed by atoms with van der Waals surface area (Å²) in [6.45, 7) is 5.47. The Labute approximate surface area is 145 Å². The second-order valence-electron chi connectivity index (χ2n) is 8.92. The number of phenols is 1. The summed E-state index contributed by atoms with van der Waals surface area (Å²) in [6.07, 6.45) is 5.27. The van der Waals surface area contributed by atoms with Crippen LogP contribution < -0.4 is 0 Å². The average molecular weight is 330 g/mol. The van der Waals surface area contributed by atoms with Gasteiger partial charge in [0.2, 0.25) is 0 Å². The predicted octanol–water partition coefficient (Wildman–Crippen LogP) is 4.19. The van der Waals surface area contributed by atoms with Gasteiger partial charge < -0.3 is 14.9 Å². The average Bonchev–Trinajstić information content (AvgIpc) is 2.84. The van der Waals surface area contributed by atoms with Crippen LogP contribution in [0.25, 0.3) is 0 Å². The minimum absolute atomic E-state index is 0.0668. The topological polar surface area (TPSA) is 49.7 Å². The third-order valence-electron chi connectivity index (χ3n) is 7.79. The zero-order valence-corrected chi connectivity index (χ0v) is 15.1. The van der Waals surface area contributed by atoms with Gasteiger partial charge in [0.25, 0.3) is 0 Å². The molecule has 2 N–H and O–H groups in total. The Morgan fingerprint density at radius 1 is 1.12 bits per heavy atom. The first-order valence-corrected chi connectivity index (χ1v) is 9.40. The van der Waals surface area contributed by atoms with Gasteiger partial charge in [-0.05, 0) is 78.0 Å². The third kappa shape index (κ3) is 2.10. The minimum atomic E-state index is -0.151. The van der Waals surface area contributed by atoms with E-state index in [4.69, 9.17) is 4.74 Å². The number of benzene rings is 1. The molecule has 0 amide bonds. The van der Waals surface area contributed by atoms with Crippen molar-refractivity contribution in [2.24, 2.45) is 16.7 Å². The van der Waals surface area contributed by atoms with E-state index in [-0.39, 0.29) is 16.9 Å². The molecule has 3 heteroatoms. The number of hydrogen-bond donors (Lipinski definition) is 2. The Bertz CT molecular complexity index is 642. The number of phenolic OH excluding ortho intramolecular Hbond substituents is 1. The largest absolute Gasteiger partial charge is 0.508 e. The highest BCUT2D eigenvalue weighted by molar-refractivity contribution is 5.44. The van der Waals surface area contributed by atoms with Crippen molar-refractivity contribution in [3.8, 4) is 5.75 Å². The van der Waals surface area contributed by atoms with Gasteiger partial charge >= 0.3 is 0 Å². The van der Waals surface area contributed by atoms with Crippen molar-refractivity contribution in [3.05, 3.63) is 29.3 Å². The summed E-state index contributed by atoms with van der Waals surface area (Å²) in [5.41, 5.74) is 2.96. The van der Waals surface area contributed by atoms with Crippen molar-refractivity contribution >= 4 is 0 Å². The van der Waals surface area contributed by atoms with Gasteiger partial charge in [-0.15, -0.1) is 0 Å².